The number of aliphatic hydroxyl groups is 1. The largest absolute Gasteiger partial charge is 0.507 e. The minimum Gasteiger partial charge on any atom is -0.507 e. The Morgan fingerprint density at radius 1 is 1.16 bits per heavy atom. The second-order valence-electron chi connectivity index (χ2n) is 5.64. The van der Waals surface area contributed by atoms with Crippen molar-refractivity contribution in [3.8, 4) is 5.75 Å². The molecule has 102 valence electrons. The molecule has 0 amide bonds. The highest BCUT2D eigenvalue weighted by Gasteiger charge is 2.17. The van der Waals surface area contributed by atoms with Crippen molar-refractivity contribution in [1.29, 1.82) is 0 Å². The van der Waals surface area contributed by atoms with Gasteiger partial charge in [0.1, 0.15) is 5.75 Å². The van der Waals surface area contributed by atoms with Crippen molar-refractivity contribution in [3.63, 3.8) is 0 Å². The smallest absolute Gasteiger partial charge is 0.128 e. The minimum atomic E-state index is -0.763. The van der Waals surface area contributed by atoms with Gasteiger partial charge in [-0.05, 0) is 26.2 Å². The molecule has 0 radical (unpaired) electrons. The van der Waals surface area contributed by atoms with E-state index in [0.717, 1.165) is 16.3 Å². The molecule has 0 spiro atoms. The Kier molecular flexibility index (Phi) is 3.78. The van der Waals surface area contributed by atoms with Crippen LogP contribution >= 0.6 is 0 Å². The molecule has 0 aliphatic heterocycles. The number of aromatic hydroxyl groups is 1. The maximum atomic E-state index is 10.3. The Morgan fingerprint density at radius 3 is 2.53 bits per heavy atom. The monoisotopic (exact) mass is 259 g/mol. The summed E-state index contributed by atoms with van der Waals surface area (Å²) >= 11 is 0. The standard InChI is InChI=1S/C16H21NO2/c1-11(17-10-16(2,3)19)13-9-8-12-6-4-5-7-14(12)15(13)18/h4-9,11,17-19H,10H2,1-3H3. The van der Waals surface area contributed by atoms with Gasteiger partial charge in [-0.25, -0.2) is 0 Å². The summed E-state index contributed by atoms with van der Waals surface area (Å²) in [6.45, 7) is 5.97. The van der Waals surface area contributed by atoms with E-state index in [9.17, 15) is 10.2 Å². The molecule has 0 fully saturated rings. The zero-order valence-electron chi connectivity index (χ0n) is 11.6. The van der Waals surface area contributed by atoms with Crippen LogP contribution in [0.4, 0.5) is 0 Å². The number of nitrogens with one attached hydrogen (secondary N) is 1. The molecule has 0 heterocycles. The third kappa shape index (κ3) is 3.25. The average molecular weight is 259 g/mol. The zero-order valence-corrected chi connectivity index (χ0v) is 11.6. The van der Waals surface area contributed by atoms with Crippen molar-refractivity contribution < 1.29 is 10.2 Å². The van der Waals surface area contributed by atoms with Crippen molar-refractivity contribution in [2.24, 2.45) is 0 Å². The Morgan fingerprint density at radius 2 is 1.84 bits per heavy atom. The number of fused-ring (bicyclic) bond motifs is 1. The lowest BCUT2D eigenvalue weighted by Gasteiger charge is -2.22. The number of phenols is 1. The van der Waals surface area contributed by atoms with E-state index in [4.69, 9.17) is 0 Å². The van der Waals surface area contributed by atoms with Gasteiger partial charge >= 0.3 is 0 Å². The summed E-state index contributed by atoms with van der Waals surface area (Å²) in [5.41, 5.74) is 0.0868. The normalized spacial score (nSPS) is 13.7. The van der Waals surface area contributed by atoms with Crippen molar-refractivity contribution in [1.82, 2.24) is 5.32 Å². The summed E-state index contributed by atoms with van der Waals surface area (Å²) in [6, 6.07) is 11.7. The Balaban J connectivity index is 2.27. The third-order valence-corrected chi connectivity index (χ3v) is 3.24. The average Bonchev–Trinajstić information content (AvgIpc) is 2.36. The number of rotatable bonds is 4. The van der Waals surface area contributed by atoms with Crippen molar-refractivity contribution in [2.75, 3.05) is 6.54 Å². The van der Waals surface area contributed by atoms with E-state index in [0.29, 0.717) is 12.3 Å². The molecule has 0 aliphatic rings. The molecular formula is C16H21NO2. The molecule has 2 aromatic rings. The molecule has 0 saturated heterocycles. The fraction of sp³-hybridized carbons (Fsp3) is 0.375. The quantitative estimate of drug-likeness (QED) is 0.791. The summed E-state index contributed by atoms with van der Waals surface area (Å²) in [7, 11) is 0. The molecule has 3 N–H and O–H groups in total. The van der Waals surface area contributed by atoms with Gasteiger partial charge in [-0.2, -0.15) is 0 Å². The number of phenolic OH excluding ortho intramolecular Hbond substituents is 1. The second kappa shape index (κ2) is 5.19. The van der Waals surface area contributed by atoms with Gasteiger partial charge in [0.05, 0.1) is 5.60 Å². The number of hydrogen-bond donors (Lipinski definition) is 3. The Bertz CT molecular complexity index is 572. The van der Waals surface area contributed by atoms with Crippen LogP contribution in [0.2, 0.25) is 0 Å². The van der Waals surface area contributed by atoms with E-state index >= 15 is 0 Å². The van der Waals surface area contributed by atoms with Gasteiger partial charge in [-0.15, -0.1) is 0 Å². The summed E-state index contributed by atoms with van der Waals surface area (Å²) in [5.74, 6) is 0.314. The van der Waals surface area contributed by atoms with E-state index in [1.54, 1.807) is 13.8 Å². The van der Waals surface area contributed by atoms with Crippen molar-refractivity contribution in [2.45, 2.75) is 32.4 Å². The highest BCUT2D eigenvalue weighted by atomic mass is 16.3. The van der Waals surface area contributed by atoms with Gasteiger partial charge in [-0.1, -0.05) is 36.4 Å². The van der Waals surface area contributed by atoms with E-state index in [1.807, 2.05) is 43.3 Å². The predicted octanol–water partition coefficient (Wildman–Crippen LogP) is 2.97. The van der Waals surface area contributed by atoms with Gasteiger partial charge in [0.25, 0.3) is 0 Å². The second-order valence-corrected chi connectivity index (χ2v) is 5.64. The van der Waals surface area contributed by atoms with Crippen molar-refractivity contribution >= 4 is 10.8 Å². The van der Waals surface area contributed by atoms with E-state index in [2.05, 4.69) is 5.32 Å². The highest BCUT2D eigenvalue weighted by molar-refractivity contribution is 5.89. The first-order valence-corrected chi connectivity index (χ1v) is 6.55. The minimum absolute atomic E-state index is 0.0176. The first-order valence-electron chi connectivity index (χ1n) is 6.55. The fourth-order valence-corrected chi connectivity index (χ4v) is 2.13. The highest BCUT2D eigenvalue weighted by Crippen LogP contribution is 2.32. The predicted molar refractivity (Wildman–Crippen MR) is 78.3 cm³/mol. The van der Waals surface area contributed by atoms with Crippen LogP contribution in [0.25, 0.3) is 10.8 Å². The molecule has 3 heteroatoms. The molecule has 0 bridgehead atoms. The van der Waals surface area contributed by atoms with E-state index < -0.39 is 5.60 Å². The van der Waals surface area contributed by atoms with Crippen LogP contribution in [-0.2, 0) is 0 Å². The van der Waals surface area contributed by atoms with Crippen LogP contribution in [0, 0.1) is 0 Å². The topological polar surface area (TPSA) is 52.5 Å². The molecule has 19 heavy (non-hydrogen) atoms. The first kappa shape index (κ1) is 13.8. The molecule has 2 aromatic carbocycles. The maximum Gasteiger partial charge on any atom is 0.128 e. The summed E-state index contributed by atoms with van der Waals surface area (Å²) in [4.78, 5) is 0. The molecule has 0 aliphatic carbocycles. The van der Waals surface area contributed by atoms with E-state index in [-0.39, 0.29) is 6.04 Å². The molecule has 0 aromatic heterocycles. The first-order chi connectivity index (χ1) is 8.88. The lowest BCUT2D eigenvalue weighted by atomic mass is 10.0. The molecule has 1 unspecified atom stereocenters. The van der Waals surface area contributed by atoms with Crippen molar-refractivity contribution in [3.05, 3.63) is 42.0 Å². The van der Waals surface area contributed by atoms with Gasteiger partial charge in [0.2, 0.25) is 0 Å². The van der Waals surface area contributed by atoms with Gasteiger partial charge < -0.3 is 15.5 Å². The third-order valence-electron chi connectivity index (χ3n) is 3.24. The molecular weight excluding hydrogens is 238 g/mol. The Labute approximate surface area is 113 Å². The van der Waals surface area contributed by atoms with Gasteiger partial charge in [0.15, 0.2) is 0 Å². The van der Waals surface area contributed by atoms with Crippen LogP contribution < -0.4 is 5.32 Å². The summed E-state index contributed by atoms with van der Waals surface area (Å²) in [5, 5.41) is 25.2. The molecule has 0 saturated carbocycles. The van der Waals surface area contributed by atoms with Crippen LogP contribution in [0.15, 0.2) is 36.4 Å². The van der Waals surface area contributed by atoms with Crippen LogP contribution in [0.1, 0.15) is 32.4 Å². The summed E-state index contributed by atoms with van der Waals surface area (Å²) < 4.78 is 0. The molecule has 1 atom stereocenters. The van der Waals surface area contributed by atoms with Gasteiger partial charge in [-0.3, -0.25) is 0 Å². The van der Waals surface area contributed by atoms with Crippen LogP contribution in [0.3, 0.4) is 0 Å². The number of benzene rings is 2. The van der Waals surface area contributed by atoms with Crippen LogP contribution in [0.5, 0.6) is 5.75 Å². The Hall–Kier alpha value is -1.58. The lowest BCUT2D eigenvalue weighted by molar-refractivity contribution is 0.0769. The fourth-order valence-electron chi connectivity index (χ4n) is 2.13. The lowest BCUT2D eigenvalue weighted by Crippen LogP contribution is -2.36. The molecule has 3 nitrogen and oxygen atoms in total. The number of hydrogen-bond acceptors (Lipinski definition) is 3. The zero-order chi connectivity index (χ0) is 14.0. The molecule has 2 rings (SSSR count). The van der Waals surface area contributed by atoms with Gasteiger partial charge in [0, 0.05) is 23.5 Å². The maximum absolute atomic E-state index is 10.3. The summed E-state index contributed by atoms with van der Waals surface area (Å²) in [6.07, 6.45) is 0. The van der Waals surface area contributed by atoms with E-state index in [1.165, 1.54) is 0 Å². The van der Waals surface area contributed by atoms with Crippen LogP contribution in [-0.4, -0.2) is 22.4 Å². The SMILES string of the molecule is CC(NCC(C)(C)O)c1ccc2ccccc2c1O.